The van der Waals surface area contributed by atoms with Crippen molar-refractivity contribution in [1.29, 1.82) is 0 Å². The molecule has 0 aliphatic carbocycles. The quantitative estimate of drug-likeness (QED) is 0.768. The smallest absolute Gasteiger partial charge is 0.257 e. The highest BCUT2D eigenvalue weighted by atomic mass is 35.5. The monoisotopic (exact) mass is 401 g/mol. The van der Waals surface area contributed by atoms with Gasteiger partial charge in [-0.05, 0) is 45.1 Å². The Morgan fingerprint density at radius 3 is 2.65 bits per heavy atom. The van der Waals surface area contributed by atoms with Crippen molar-refractivity contribution in [1.82, 2.24) is 25.7 Å². The summed E-state index contributed by atoms with van der Waals surface area (Å²) in [7, 11) is 2.00. The zero-order valence-electron chi connectivity index (χ0n) is 14.7. The molecule has 1 aromatic heterocycles. The van der Waals surface area contributed by atoms with Gasteiger partial charge in [-0.25, -0.2) is 0 Å². The van der Waals surface area contributed by atoms with E-state index in [0.29, 0.717) is 24.3 Å². The number of hydrogen-bond donors (Lipinski definition) is 2. The van der Waals surface area contributed by atoms with Crippen molar-refractivity contribution >= 4 is 30.7 Å². The number of hydrogen-bond acceptors (Lipinski definition) is 6. The van der Waals surface area contributed by atoms with Crippen LogP contribution in [-0.4, -0.2) is 53.7 Å². The van der Waals surface area contributed by atoms with E-state index >= 15 is 0 Å². The summed E-state index contributed by atoms with van der Waals surface area (Å²) in [6.07, 6.45) is 2.16. The van der Waals surface area contributed by atoms with Gasteiger partial charge in [-0.3, -0.25) is 9.69 Å². The molecule has 1 amide bonds. The third-order valence-corrected chi connectivity index (χ3v) is 4.26. The van der Waals surface area contributed by atoms with Crippen molar-refractivity contribution in [3.63, 3.8) is 0 Å². The molecule has 3 rings (SSSR count). The molecule has 144 valence electrons. The summed E-state index contributed by atoms with van der Waals surface area (Å²) in [5.41, 5.74) is 0.869. The Bertz CT molecular complexity index is 662. The third kappa shape index (κ3) is 6.25. The lowest BCUT2D eigenvalue weighted by molar-refractivity contribution is -0.122. The highest BCUT2D eigenvalue weighted by Gasteiger charge is 2.19. The number of rotatable bonds is 6. The molecule has 1 aliphatic rings. The molecule has 2 heterocycles. The molecule has 1 aliphatic heterocycles. The molecule has 7 nitrogen and oxygen atoms in total. The normalized spacial score (nSPS) is 14.4. The predicted molar refractivity (Wildman–Crippen MR) is 105 cm³/mol. The number of likely N-dealkylation sites (N-methyl/N-ethyl adjacent to an activating group) is 1. The van der Waals surface area contributed by atoms with Crippen molar-refractivity contribution in [2.24, 2.45) is 0 Å². The van der Waals surface area contributed by atoms with Crippen LogP contribution < -0.4 is 10.6 Å². The number of piperidine rings is 1. The molecule has 1 aromatic carbocycles. The summed E-state index contributed by atoms with van der Waals surface area (Å²) in [6.45, 7) is 2.69. The van der Waals surface area contributed by atoms with Crippen molar-refractivity contribution in [2.75, 3.05) is 26.7 Å². The summed E-state index contributed by atoms with van der Waals surface area (Å²) in [4.78, 5) is 18.5. The number of carbonyl (C=O) groups excluding carboxylic acids is 1. The summed E-state index contributed by atoms with van der Waals surface area (Å²) in [5.74, 6) is 0.917. The Morgan fingerprint density at radius 1 is 1.27 bits per heavy atom. The lowest BCUT2D eigenvalue weighted by Gasteiger charge is -2.30. The lowest BCUT2D eigenvalue weighted by atomic mass is 10.1. The van der Waals surface area contributed by atoms with Gasteiger partial charge in [-0.15, -0.1) is 24.8 Å². The molecule has 26 heavy (non-hydrogen) atoms. The first-order valence-corrected chi connectivity index (χ1v) is 8.28. The second-order valence-corrected chi connectivity index (χ2v) is 6.05. The van der Waals surface area contributed by atoms with Crippen LogP contribution in [0.3, 0.4) is 0 Å². The molecule has 9 heteroatoms. The van der Waals surface area contributed by atoms with Crippen molar-refractivity contribution in [2.45, 2.75) is 25.4 Å². The number of halogens is 2. The van der Waals surface area contributed by atoms with Crippen LogP contribution in [0.25, 0.3) is 11.5 Å². The van der Waals surface area contributed by atoms with Gasteiger partial charge < -0.3 is 15.2 Å². The fourth-order valence-corrected chi connectivity index (χ4v) is 2.86. The van der Waals surface area contributed by atoms with Crippen molar-refractivity contribution in [3.05, 3.63) is 36.2 Å². The highest BCUT2D eigenvalue weighted by Crippen LogP contribution is 2.15. The maximum atomic E-state index is 12.1. The van der Waals surface area contributed by atoms with E-state index in [2.05, 4.69) is 25.7 Å². The number of aromatic nitrogens is 2. The number of carbonyl (C=O) groups is 1. The molecule has 0 unspecified atom stereocenters. The van der Waals surface area contributed by atoms with Crippen LogP contribution in [0.2, 0.25) is 0 Å². The minimum Gasteiger partial charge on any atom is -0.348 e. The SMILES string of the molecule is CN(CC(=O)NCc1noc(-c2ccccc2)n1)C1CCNCC1.Cl.Cl. The molecular formula is C17H25Cl2N5O2. The third-order valence-electron chi connectivity index (χ3n) is 4.26. The number of nitrogens with zero attached hydrogens (tertiary/aromatic N) is 3. The number of amides is 1. The molecule has 0 bridgehead atoms. The number of benzene rings is 1. The van der Waals surface area contributed by atoms with Gasteiger partial charge in [0.1, 0.15) is 0 Å². The average molecular weight is 402 g/mol. The first-order chi connectivity index (χ1) is 11.7. The highest BCUT2D eigenvalue weighted by molar-refractivity contribution is 5.85. The van der Waals surface area contributed by atoms with Crippen molar-refractivity contribution in [3.8, 4) is 11.5 Å². The second-order valence-electron chi connectivity index (χ2n) is 6.05. The fourth-order valence-electron chi connectivity index (χ4n) is 2.86. The van der Waals surface area contributed by atoms with E-state index in [1.165, 1.54) is 0 Å². The van der Waals surface area contributed by atoms with Crippen LogP contribution in [0, 0.1) is 0 Å². The largest absolute Gasteiger partial charge is 0.348 e. The minimum absolute atomic E-state index is 0. The van der Waals surface area contributed by atoms with Crippen LogP contribution in [-0.2, 0) is 11.3 Å². The zero-order chi connectivity index (χ0) is 16.8. The van der Waals surface area contributed by atoms with Crippen LogP contribution in [0.1, 0.15) is 18.7 Å². The fraction of sp³-hybridized carbons (Fsp3) is 0.471. The maximum absolute atomic E-state index is 12.1. The van der Waals surface area contributed by atoms with Gasteiger partial charge in [0.2, 0.25) is 5.91 Å². The molecular weight excluding hydrogens is 377 g/mol. The Hall–Kier alpha value is -1.67. The first-order valence-electron chi connectivity index (χ1n) is 8.28. The summed E-state index contributed by atoms with van der Waals surface area (Å²) in [6, 6.07) is 10.0. The van der Waals surface area contributed by atoms with Crippen LogP contribution >= 0.6 is 24.8 Å². The Balaban J connectivity index is 0.00000169. The maximum Gasteiger partial charge on any atom is 0.257 e. The zero-order valence-corrected chi connectivity index (χ0v) is 16.3. The predicted octanol–water partition coefficient (Wildman–Crippen LogP) is 1.88. The Kier molecular flexibility index (Phi) is 9.58. The molecule has 2 aromatic rings. The van der Waals surface area contributed by atoms with E-state index in [0.717, 1.165) is 31.5 Å². The molecule has 0 atom stereocenters. The van der Waals surface area contributed by atoms with E-state index < -0.39 is 0 Å². The Morgan fingerprint density at radius 2 is 1.96 bits per heavy atom. The topological polar surface area (TPSA) is 83.3 Å². The summed E-state index contributed by atoms with van der Waals surface area (Å²) in [5, 5.41) is 10.1. The molecule has 0 spiro atoms. The molecule has 1 fully saturated rings. The van der Waals surface area contributed by atoms with Gasteiger partial charge in [-0.2, -0.15) is 4.98 Å². The van der Waals surface area contributed by atoms with Gasteiger partial charge in [0.15, 0.2) is 5.82 Å². The first kappa shape index (κ1) is 22.4. The summed E-state index contributed by atoms with van der Waals surface area (Å²) < 4.78 is 5.23. The average Bonchev–Trinajstić information content (AvgIpc) is 3.10. The van der Waals surface area contributed by atoms with Gasteiger partial charge in [0.05, 0.1) is 13.1 Å². The van der Waals surface area contributed by atoms with Gasteiger partial charge >= 0.3 is 0 Å². The standard InChI is InChI=1S/C17H23N5O2.2ClH/c1-22(14-7-9-18-10-8-14)12-16(23)19-11-15-20-17(24-21-15)13-5-3-2-4-6-13;;/h2-6,14,18H,7-12H2,1H3,(H,19,23);2*1H. The minimum atomic E-state index is -0.0258. The number of nitrogens with one attached hydrogen (secondary N) is 2. The Labute approximate surface area is 165 Å². The van der Waals surface area contributed by atoms with Gasteiger partial charge in [0.25, 0.3) is 5.89 Å². The van der Waals surface area contributed by atoms with E-state index in [-0.39, 0.29) is 37.3 Å². The van der Waals surface area contributed by atoms with E-state index in [9.17, 15) is 4.79 Å². The van der Waals surface area contributed by atoms with E-state index in [1.54, 1.807) is 0 Å². The molecule has 1 saturated heterocycles. The van der Waals surface area contributed by atoms with Crippen LogP contribution in [0.5, 0.6) is 0 Å². The molecule has 0 saturated carbocycles. The lowest BCUT2D eigenvalue weighted by Crippen LogP contribution is -2.45. The van der Waals surface area contributed by atoms with E-state index in [4.69, 9.17) is 4.52 Å². The van der Waals surface area contributed by atoms with Crippen LogP contribution in [0.15, 0.2) is 34.9 Å². The molecule has 0 radical (unpaired) electrons. The molecule has 2 N–H and O–H groups in total. The summed E-state index contributed by atoms with van der Waals surface area (Å²) >= 11 is 0. The van der Waals surface area contributed by atoms with Gasteiger partial charge in [0, 0.05) is 11.6 Å². The van der Waals surface area contributed by atoms with Gasteiger partial charge in [-0.1, -0.05) is 23.4 Å². The van der Waals surface area contributed by atoms with Crippen LogP contribution in [0.4, 0.5) is 0 Å². The second kappa shape index (κ2) is 11.1. The van der Waals surface area contributed by atoms with E-state index in [1.807, 2.05) is 37.4 Å². The van der Waals surface area contributed by atoms with Crippen molar-refractivity contribution < 1.29 is 9.32 Å².